The second-order valence-corrected chi connectivity index (χ2v) is 9.59. The number of hydrogen-bond acceptors (Lipinski definition) is 8. The van der Waals surface area contributed by atoms with E-state index in [2.05, 4.69) is 20.2 Å². The number of benzene rings is 2. The van der Waals surface area contributed by atoms with Crippen molar-refractivity contribution in [2.24, 2.45) is 0 Å². The normalized spacial score (nSPS) is 11.2. The Kier molecular flexibility index (Phi) is 6.27. The summed E-state index contributed by atoms with van der Waals surface area (Å²) in [4.78, 5) is 12.3. The third-order valence-corrected chi connectivity index (χ3v) is 5.94. The Hall–Kier alpha value is -2.50. The molecule has 0 saturated heterocycles. The van der Waals surface area contributed by atoms with Crippen LogP contribution in [0.1, 0.15) is 10.4 Å². The van der Waals surface area contributed by atoms with Crippen LogP contribution in [-0.2, 0) is 10.0 Å². The smallest absolute Gasteiger partial charge is 0.229 e. The third-order valence-electron chi connectivity index (χ3n) is 3.36. The number of aromatic nitrogens is 2. The number of halogens is 1. The number of ketones is 1. The molecule has 1 aromatic heterocycles. The summed E-state index contributed by atoms with van der Waals surface area (Å²) < 4.78 is 38.9. The van der Waals surface area contributed by atoms with E-state index in [1.807, 2.05) is 0 Å². The second-order valence-electron chi connectivity index (χ2n) is 5.64. The zero-order valence-electron chi connectivity index (χ0n) is 14.5. The Labute approximate surface area is 169 Å². The number of nitrogens with zero attached hydrogens (tertiary/aromatic N) is 2. The van der Waals surface area contributed by atoms with Crippen LogP contribution in [0.2, 0.25) is 0 Å². The highest BCUT2D eigenvalue weighted by Gasteiger charge is 2.12. The van der Waals surface area contributed by atoms with Gasteiger partial charge in [-0.2, -0.15) is 0 Å². The number of carbonyl (C=O) groups is 1. The van der Waals surface area contributed by atoms with Crippen LogP contribution in [-0.4, -0.2) is 36.4 Å². The van der Waals surface area contributed by atoms with Crippen LogP contribution >= 0.6 is 23.1 Å². The number of Topliss-reactive ketones (excluding diaryl/α,β-unsaturated/α-hetero) is 1. The van der Waals surface area contributed by atoms with E-state index in [-0.39, 0.29) is 11.5 Å². The van der Waals surface area contributed by atoms with E-state index in [1.165, 1.54) is 41.3 Å². The van der Waals surface area contributed by atoms with Gasteiger partial charge in [-0.05, 0) is 36.4 Å². The van der Waals surface area contributed by atoms with Crippen LogP contribution < -0.4 is 10.0 Å². The van der Waals surface area contributed by atoms with Crippen LogP contribution in [0.4, 0.5) is 20.9 Å². The Morgan fingerprint density at radius 2 is 1.86 bits per heavy atom. The molecule has 0 atom stereocenters. The van der Waals surface area contributed by atoms with E-state index in [1.54, 1.807) is 30.3 Å². The Morgan fingerprint density at radius 3 is 2.54 bits per heavy atom. The van der Waals surface area contributed by atoms with Gasteiger partial charge in [0.1, 0.15) is 5.82 Å². The van der Waals surface area contributed by atoms with Crippen LogP contribution in [0.15, 0.2) is 52.9 Å². The van der Waals surface area contributed by atoms with Crippen molar-refractivity contribution in [2.75, 3.05) is 22.0 Å². The summed E-state index contributed by atoms with van der Waals surface area (Å²) in [6, 6.07) is 12.4. The van der Waals surface area contributed by atoms with Gasteiger partial charge in [0.2, 0.25) is 15.2 Å². The molecule has 0 amide bonds. The molecule has 0 radical (unpaired) electrons. The first-order valence-corrected chi connectivity index (χ1v) is 11.6. The van der Waals surface area contributed by atoms with Crippen molar-refractivity contribution >= 4 is 55.4 Å². The summed E-state index contributed by atoms with van der Waals surface area (Å²) in [6.45, 7) is 0. The molecular weight excluding hydrogens is 423 g/mol. The number of anilines is 3. The monoisotopic (exact) mass is 438 g/mol. The highest BCUT2D eigenvalue weighted by molar-refractivity contribution is 8.01. The first-order chi connectivity index (χ1) is 13.3. The van der Waals surface area contributed by atoms with Gasteiger partial charge in [-0.3, -0.25) is 9.52 Å². The molecule has 3 rings (SSSR count). The van der Waals surface area contributed by atoms with Crippen molar-refractivity contribution in [3.63, 3.8) is 0 Å². The van der Waals surface area contributed by atoms with E-state index >= 15 is 0 Å². The molecule has 0 saturated carbocycles. The van der Waals surface area contributed by atoms with Gasteiger partial charge in [-0.15, -0.1) is 10.2 Å². The molecular formula is C17H15FN4O3S3. The largest absolute Gasteiger partial charge is 0.328 e. The van der Waals surface area contributed by atoms with Crippen molar-refractivity contribution in [1.82, 2.24) is 10.2 Å². The lowest BCUT2D eigenvalue weighted by molar-refractivity contribution is 0.102. The van der Waals surface area contributed by atoms with Crippen LogP contribution in [0.3, 0.4) is 0 Å². The highest BCUT2D eigenvalue weighted by atomic mass is 32.2. The van der Waals surface area contributed by atoms with E-state index in [4.69, 9.17) is 0 Å². The van der Waals surface area contributed by atoms with Crippen molar-refractivity contribution < 1.29 is 17.6 Å². The maximum absolute atomic E-state index is 13.6. The molecule has 0 bridgehead atoms. The molecule has 11 heteroatoms. The highest BCUT2D eigenvalue weighted by Crippen LogP contribution is 2.29. The average molecular weight is 439 g/mol. The van der Waals surface area contributed by atoms with E-state index in [9.17, 15) is 17.6 Å². The predicted octanol–water partition coefficient (Wildman–Crippen LogP) is 3.77. The second kappa shape index (κ2) is 8.67. The molecule has 7 nitrogen and oxygen atoms in total. The minimum Gasteiger partial charge on any atom is -0.328 e. The number of rotatable bonds is 8. The van der Waals surface area contributed by atoms with Crippen molar-refractivity contribution in [1.29, 1.82) is 0 Å². The van der Waals surface area contributed by atoms with Crippen molar-refractivity contribution in [3.05, 3.63) is 59.9 Å². The minimum atomic E-state index is -3.36. The summed E-state index contributed by atoms with van der Waals surface area (Å²) in [7, 11) is -3.36. The zero-order valence-corrected chi connectivity index (χ0v) is 17.0. The number of para-hydroxylation sites is 1. The van der Waals surface area contributed by atoms with E-state index in [0.717, 1.165) is 6.26 Å². The molecule has 0 spiro atoms. The summed E-state index contributed by atoms with van der Waals surface area (Å²) in [5.74, 6) is -0.377. The first-order valence-electron chi connectivity index (χ1n) is 7.89. The standard InChI is InChI=1S/C17H15FN4O3S3/c1-28(24,25)22-12-8-6-11(7-9-12)15(23)10-26-17-21-20-16(27-17)19-14-5-3-2-4-13(14)18/h2-9,22H,10H2,1H3,(H,19,20). The molecule has 3 aromatic rings. The lowest BCUT2D eigenvalue weighted by Gasteiger charge is -2.04. The van der Waals surface area contributed by atoms with Gasteiger partial charge in [-0.25, -0.2) is 12.8 Å². The van der Waals surface area contributed by atoms with Gasteiger partial charge in [0.05, 0.1) is 17.7 Å². The zero-order chi connectivity index (χ0) is 20.1. The summed E-state index contributed by atoms with van der Waals surface area (Å²) >= 11 is 2.44. The molecule has 28 heavy (non-hydrogen) atoms. The molecule has 0 fully saturated rings. The predicted molar refractivity (Wildman–Crippen MR) is 110 cm³/mol. The van der Waals surface area contributed by atoms with Gasteiger partial charge in [0.25, 0.3) is 0 Å². The van der Waals surface area contributed by atoms with Gasteiger partial charge in [-0.1, -0.05) is 35.2 Å². The Balaban J connectivity index is 1.56. The molecule has 146 valence electrons. The number of thioether (sulfide) groups is 1. The maximum atomic E-state index is 13.6. The van der Waals surface area contributed by atoms with Crippen molar-refractivity contribution in [2.45, 2.75) is 4.34 Å². The molecule has 0 aliphatic rings. The average Bonchev–Trinajstić information content (AvgIpc) is 3.08. The number of sulfonamides is 1. The Bertz CT molecular complexity index is 1090. The van der Waals surface area contributed by atoms with Crippen LogP contribution in [0, 0.1) is 5.82 Å². The summed E-state index contributed by atoms with van der Waals surface area (Å²) in [5.41, 5.74) is 1.15. The lowest BCUT2D eigenvalue weighted by atomic mass is 10.1. The van der Waals surface area contributed by atoms with Crippen LogP contribution in [0.5, 0.6) is 0 Å². The van der Waals surface area contributed by atoms with E-state index in [0.29, 0.717) is 26.4 Å². The molecule has 0 unspecified atom stereocenters. The van der Waals surface area contributed by atoms with Crippen LogP contribution in [0.25, 0.3) is 0 Å². The molecule has 2 N–H and O–H groups in total. The summed E-state index contributed by atoms with van der Waals surface area (Å²) in [6.07, 6.45) is 1.06. The Morgan fingerprint density at radius 1 is 1.14 bits per heavy atom. The van der Waals surface area contributed by atoms with Gasteiger partial charge >= 0.3 is 0 Å². The van der Waals surface area contributed by atoms with Gasteiger partial charge < -0.3 is 5.32 Å². The van der Waals surface area contributed by atoms with Crippen molar-refractivity contribution in [3.8, 4) is 0 Å². The third kappa shape index (κ3) is 5.75. The van der Waals surface area contributed by atoms with Gasteiger partial charge in [0.15, 0.2) is 10.1 Å². The molecule has 0 aliphatic carbocycles. The molecule has 1 heterocycles. The fourth-order valence-electron chi connectivity index (χ4n) is 2.15. The number of hydrogen-bond donors (Lipinski definition) is 2. The quantitative estimate of drug-likeness (QED) is 0.408. The SMILES string of the molecule is CS(=O)(=O)Nc1ccc(C(=O)CSc2nnc(Nc3ccccc3F)s2)cc1. The fraction of sp³-hybridized carbons (Fsp3) is 0.118. The number of nitrogens with one attached hydrogen (secondary N) is 2. The maximum Gasteiger partial charge on any atom is 0.229 e. The number of carbonyl (C=O) groups excluding carboxylic acids is 1. The topological polar surface area (TPSA) is 101 Å². The van der Waals surface area contributed by atoms with E-state index < -0.39 is 15.8 Å². The first kappa shape index (κ1) is 20.2. The molecule has 2 aromatic carbocycles. The lowest BCUT2D eigenvalue weighted by Crippen LogP contribution is -2.10. The molecule has 0 aliphatic heterocycles. The minimum absolute atomic E-state index is 0.130. The summed E-state index contributed by atoms with van der Waals surface area (Å²) in [5, 5.41) is 11.2. The fourth-order valence-corrected chi connectivity index (χ4v) is 4.37. The van der Waals surface area contributed by atoms with Gasteiger partial charge in [0, 0.05) is 11.3 Å².